The van der Waals surface area contributed by atoms with Crippen molar-refractivity contribution in [2.75, 3.05) is 7.05 Å². The molecule has 0 aliphatic heterocycles. The van der Waals surface area contributed by atoms with Gasteiger partial charge in [-0.3, -0.25) is 4.99 Å². The Morgan fingerprint density at radius 1 is 1.08 bits per heavy atom. The van der Waals surface area contributed by atoms with Gasteiger partial charge in [0.2, 0.25) is 4.80 Å². The molecule has 0 radical (unpaired) electrons. The molecular weight excluding hydrogens is 373 g/mol. The summed E-state index contributed by atoms with van der Waals surface area (Å²) in [6.45, 7) is 4.14. The Morgan fingerprint density at radius 2 is 1.88 bits per heavy atom. The summed E-state index contributed by atoms with van der Waals surface area (Å²) in [5.41, 5.74) is 5.20. The van der Waals surface area contributed by atoms with Gasteiger partial charge in [0.05, 0.1) is 16.9 Å². The molecule has 3 rings (SSSR count). The lowest BCUT2D eigenvalue weighted by Crippen LogP contribution is -2.11. The SMILES string of the molecule is CN=c1scc(-c2ccc(Cl)cc2Cl)n1/N=C\c1cc(C)ccc1C. The maximum Gasteiger partial charge on any atom is 0.205 e. The van der Waals surface area contributed by atoms with E-state index in [-0.39, 0.29) is 0 Å². The third kappa shape index (κ3) is 3.87. The average molecular weight is 390 g/mol. The van der Waals surface area contributed by atoms with Gasteiger partial charge < -0.3 is 0 Å². The number of aromatic nitrogens is 1. The highest BCUT2D eigenvalue weighted by Crippen LogP contribution is 2.30. The molecule has 0 fully saturated rings. The zero-order valence-electron chi connectivity index (χ0n) is 14.1. The van der Waals surface area contributed by atoms with E-state index in [1.165, 1.54) is 22.5 Å². The molecule has 0 N–H and O–H groups in total. The van der Waals surface area contributed by atoms with Gasteiger partial charge in [-0.1, -0.05) is 47.0 Å². The fourth-order valence-electron chi connectivity index (χ4n) is 2.46. The summed E-state index contributed by atoms with van der Waals surface area (Å²) in [4.78, 5) is 5.11. The first kappa shape index (κ1) is 17.9. The van der Waals surface area contributed by atoms with E-state index in [9.17, 15) is 0 Å². The normalized spacial score (nSPS) is 12.3. The van der Waals surface area contributed by atoms with Gasteiger partial charge in [0.15, 0.2) is 0 Å². The Morgan fingerprint density at radius 3 is 2.60 bits per heavy atom. The standard InChI is InChI=1S/C19H17Cl2N3S/c1-12-4-5-13(2)14(8-12)10-23-24-18(11-25-19(24)22-3)16-7-6-15(20)9-17(16)21/h4-11H,1-3H3/b22-19?,23-10-. The van der Waals surface area contributed by atoms with Crippen molar-refractivity contribution in [3.05, 3.63) is 73.3 Å². The fraction of sp³-hybridized carbons (Fsp3) is 0.158. The number of rotatable bonds is 3. The lowest BCUT2D eigenvalue weighted by atomic mass is 10.1. The van der Waals surface area contributed by atoms with Crippen molar-refractivity contribution in [2.45, 2.75) is 13.8 Å². The molecule has 128 valence electrons. The molecule has 0 spiro atoms. The second-order valence-electron chi connectivity index (χ2n) is 5.67. The highest BCUT2D eigenvalue weighted by atomic mass is 35.5. The number of hydrogen-bond acceptors (Lipinski definition) is 3. The van der Waals surface area contributed by atoms with E-state index in [1.807, 2.05) is 28.4 Å². The van der Waals surface area contributed by atoms with E-state index in [4.69, 9.17) is 23.2 Å². The number of thiazole rings is 1. The van der Waals surface area contributed by atoms with Crippen LogP contribution in [-0.4, -0.2) is 17.9 Å². The molecule has 3 nitrogen and oxygen atoms in total. The van der Waals surface area contributed by atoms with E-state index in [2.05, 4.69) is 42.1 Å². The molecule has 2 aromatic carbocycles. The van der Waals surface area contributed by atoms with Crippen molar-refractivity contribution >= 4 is 40.8 Å². The molecule has 1 heterocycles. The van der Waals surface area contributed by atoms with Crippen LogP contribution in [-0.2, 0) is 0 Å². The number of halogens is 2. The monoisotopic (exact) mass is 389 g/mol. The molecule has 0 amide bonds. The van der Waals surface area contributed by atoms with E-state index in [1.54, 1.807) is 13.1 Å². The lowest BCUT2D eigenvalue weighted by Gasteiger charge is -2.07. The molecule has 1 aromatic heterocycles. The van der Waals surface area contributed by atoms with Crippen LogP contribution in [0.2, 0.25) is 10.0 Å². The van der Waals surface area contributed by atoms with Crippen LogP contribution in [0.5, 0.6) is 0 Å². The summed E-state index contributed by atoms with van der Waals surface area (Å²) in [5.74, 6) is 0. The molecular formula is C19H17Cl2N3S. The molecule has 6 heteroatoms. The second-order valence-corrected chi connectivity index (χ2v) is 7.35. The zero-order valence-corrected chi connectivity index (χ0v) is 16.5. The van der Waals surface area contributed by atoms with Gasteiger partial charge in [0.25, 0.3) is 0 Å². The van der Waals surface area contributed by atoms with Crippen molar-refractivity contribution in [3.63, 3.8) is 0 Å². The van der Waals surface area contributed by atoms with Gasteiger partial charge in [-0.25, -0.2) is 4.68 Å². The maximum absolute atomic E-state index is 6.38. The minimum Gasteiger partial charge on any atom is -0.261 e. The first-order valence-electron chi connectivity index (χ1n) is 7.70. The zero-order chi connectivity index (χ0) is 18.0. The summed E-state index contributed by atoms with van der Waals surface area (Å²) in [7, 11) is 1.75. The first-order chi connectivity index (χ1) is 12.0. The molecule has 0 atom stereocenters. The molecule has 0 unspecified atom stereocenters. The van der Waals surface area contributed by atoms with E-state index >= 15 is 0 Å². The van der Waals surface area contributed by atoms with Crippen LogP contribution >= 0.6 is 34.5 Å². The van der Waals surface area contributed by atoms with Crippen molar-refractivity contribution in [1.29, 1.82) is 0 Å². The van der Waals surface area contributed by atoms with Crippen molar-refractivity contribution in [2.24, 2.45) is 10.1 Å². The molecule has 25 heavy (non-hydrogen) atoms. The minimum atomic E-state index is 0.587. The maximum atomic E-state index is 6.38. The summed E-state index contributed by atoms with van der Waals surface area (Å²) < 4.78 is 1.81. The topological polar surface area (TPSA) is 29.6 Å². The first-order valence-corrected chi connectivity index (χ1v) is 9.33. The fourth-order valence-corrected chi connectivity index (χ4v) is 3.76. The van der Waals surface area contributed by atoms with Gasteiger partial charge >= 0.3 is 0 Å². The Bertz CT molecular complexity index is 1020. The molecule has 0 aliphatic rings. The van der Waals surface area contributed by atoms with Gasteiger partial charge in [-0.2, -0.15) is 5.10 Å². The number of nitrogens with zero attached hydrogens (tertiary/aromatic N) is 3. The quantitative estimate of drug-likeness (QED) is 0.525. The van der Waals surface area contributed by atoms with Gasteiger partial charge in [-0.15, -0.1) is 11.3 Å². The molecule has 0 bridgehead atoms. The second kappa shape index (κ2) is 7.56. The predicted octanol–water partition coefficient (Wildman–Crippen LogP) is 5.55. The smallest absolute Gasteiger partial charge is 0.205 e. The Labute approximate surface area is 160 Å². The van der Waals surface area contributed by atoms with Crippen LogP contribution < -0.4 is 4.80 Å². The van der Waals surface area contributed by atoms with Crippen LogP contribution in [0, 0.1) is 13.8 Å². The summed E-state index contributed by atoms with van der Waals surface area (Å²) in [6.07, 6.45) is 1.86. The lowest BCUT2D eigenvalue weighted by molar-refractivity contribution is 0.848. The van der Waals surface area contributed by atoms with Crippen LogP contribution in [0.25, 0.3) is 11.3 Å². The largest absolute Gasteiger partial charge is 0.261 e. The van der Waals surface area contributed by atoms with E-state index in [0.717, 1.165) is 21.6 Å². The Hall–Kier alpha value is -1.88. The van der Waals surface area contributed by atoms with Gasteiger partial charge in [0.1, 0.15) is 0 Å². The van der Waals surface area contributed by atoms with Crippen molar-refractivity contribution < 1.29 is 0 Å². The van der Waals surface area contributed by atoms with Crippen LogP contribution in [0.3, 0.4) is 0 Å². The van der Waals surface area contributed by atoms with Crippen molar-refractivity contribution in [3.8, 4) is 11.3 Å². The van der Waals surface area contributed by atoms with Crippen molar-refractivity contribution in [1.82, 2.24) is 4.68 Å². The van der Waals surface area contributed by atoms with Gasteiger partial charge in [0, 0.05) is 23.0 Å². The van der Waals surface area contributed by atoms with Crippen LogP contribution in [0.4, 0.5) is 0 Å². The summed E-state index contributed by atoms with van der Waals surface area (Å²) in [5, 5.41) is 7.86. The summed E-state index contributed by atoms with van der Waals surface area (Å²) >= 11 is 13.9. The van der Waals surface area contributed by atoms with E-state index < -0.39 is 0 Å². The van der Waals surface area contributed by atoms with Gasteiger partial charge in [-0.05, 0) is 43.2 Å². The molecule has 3 aromatic rings. The van der Waals surface area contributed by atoms with E-state index in [0.29, 0.717) is 10.0 Å². The Kier molecular flexibility index (Phi) is 5.42. The average Bonchev–Trinajstić information content (AvgIpc) is 2.98. The number of aryl methyl sites for hydroxylation is 2. The molecule has 0 aliphatic carbocycles. The number of hydrogen-bond donors (Lipinski definition) is 0. The van der Waals surface area contributed by atoms with Crippen LogP contribution in [0.1, 0.15) is 16.7 Å². The molecule has 0 saturated carbocycles. The molecule has 0 saturated heterocycles. The third-order valence-electron chi connectivity index (χ3n) is 3.83. The number of benzene rings is 2. The third-order valence-corrected chi connectivity index (χ3v) is 5.29. The highest BCUT2D eigenvalue weighted by Gasteiger charge is 2.11. The Balaban J connectivity index is 2.11. The predicted molar refractivity (Wildman–Crippen MR) is 108 cm³/mol. The van der Waals surface area contributed by atoms with Crippen LogP contribution in [0.15, 0.2) is 51.9 Å². The highest BCUT2D eigenvalue weighted by molar-refractivity contribution is 7.07. The summed E-state index contributed by atoms with van der Waals surface area (Å²) in [6, 6.07) is 11.8. The minimum absolute atomic E-state index is 0.587.